The number of hydrogen-bond donors (Lipinski definition) is 0. The lowest BCUT2D eigenvalue weighted by Crippen LogP contribution is -2.48. The number of methoxy groups -OCH3 is 3. The molecular formula is C25H34N2O4. The zero-order valence-corrected chi connectivity index (χ0v) is 19.1. The predicted octanol–water partition coefficient (Wildman–Crippen LogP) is 3.71. The normalized spacial score (nSPS) is 21.5. The Balaban J connectivity index is 1.40. The van der Waals surface area contributed by atoms with Crippen molar-refractivity contribution in [2.45, 2.75) is 25.4 Å². The highest BCUT2D eigenvalue weighted by molar-refractivity contribution is 5.58. The molecule has 168 valence electrons. The first kappa shape index (κ1) is 21.8. The number of piperazine rings is 1. The standard InChI is InChI=1S/C25H34N2O4/c1-25(20-18-24(30-4)23(29-3)17-19(20)9-16-31-25)10-11-26-12-14-27(15-13-26)21-7-5-6-8-22(21)28-2/h5-8,17-18H,9-16H2,1-4H3. The van der Waals surface area contributed by atoms with Gasteiger partial charge < -0.3 is 23.8 Å². The number of hydrogen-bond acceptors (Lipinski definition) is 6. The highest BCUT2D eigenvalue weighted by Crippen LogP contribution is 2.41. The summed E-state index contributed by atoms with van der Waals surface area (Å²) in [4.78, 5) is 4.95. The van der Waals surface area contributed by atoms with Crippen molar-refractivity contribution in [1.29, 1.82) is 0 Å². The van der Waals surface area contributed by atoms with E-state index in [-0.39, 0.29) is 5.60 Å². The first-order valence-electron chi connectivity index (χ1n) is 11.1. The number of nitrogens with zero attached hydrogens (tertiary/aromatic N) is 2. The molecule has 1 saturated heterocycles. The topological polar surface area (TPSA) is 43.4 Å². The molecule has 0 aromatic heterocycles. The van der Waals surface area contributed by atoms with Gasteiger partial charge in [-0.15, -0.1) is 0 Å². The van der Waals surface area contributed by atoms with Crippen LogP contribution in [0.3, 0.4) is 0 Å². The van der Waals surface area contributed by atoms with Gasteiger partial charge in [0.15, 0.2) is 11.5 Å². The molecular weight excluding hydrogens is 392 g/mol. The molecule has 6 nitrogen and oxygen atoms in total. The van der Waals surface area contributed by atoms with Gasteiger partial charge in [-0.05, 0) is 55.2 Å². The van der Waals surface area contributed by atoms with Gasteiger partial charge in [-0.25, -0.2) is 0 Å². The molecule has 6 heteroatoms. The van der Waals surface area contributed by atoms with Crippen LogP contribution in [-0.2, 0) is 16.8 Å². The van der Waals surface area contributed by atoms with Crippen LogP contribution in [-0.4, -0.2) is 65.6 Å². The van der Waals surface area contributed by atoms with Crippen LogP contribution in [0.5, 0.6) is 17.2 Å². The summed E-state index contributed by atoms with van der Waals surface area (Å²) in [6.45, 7) is 8.02. The Labute approximate surface area is 185 Å². The molecule has 0 radical (unpaired) electrons. The smallest absolute Gasteiger partial charge is 0.161 e. The summed E-state index contributed by atoms with van der Waals surface area (Å²) in [6.07, 6.45) is 1.85. The van der Waals surface area contributed by atoms with Gasteiger partial charge in [0.25, 0.3) is 0 Å². The van der Waals surface area contributed by atoms with Crippen molar-refractivity contribution < 1.29 is 18.9 Å². The molecule has 2 aromatic carbocycles. The molecule has 4 rings (SSSR count). The SMILES string of the molecule is COc1cc2c(cc1OC)C(C)(CCN1CCN(c3ccccc3OC)CC1)OCC2. The van der Waals surface area contributed by atoms with Gasteiger partial charge in [0.2, 0.25) is 0 Å². The number of benzene rings is 2. The molecule has 1 unspecified atom stereocenters. The zero-order chi connectivity index (χ0) is 21.8. The van der Waals surface area contributed by atoms with Crippen LogP contribution in [0.4, 0.5) is 5.69 Å². The number of fused-ring (bicyclic) bond motifs is 1. The van der Waals surface area contributed by atoms with Gasteiger partial charge in [0, 0.05) is 32.7 Å². The van der Waals surface area contributed by atoms with E-state index in [0.29, 0.717) is 0 Å². The lowest BCUT2D eigenvalue weighted by molar-refractivity contribution is -0.0575. The van der Waals surface area contributed by atoms with E-state index >= 15 is 0 Å². The highest BCUT2D eigenvalue weighted by Gasteiger charge is 2.35. The second kappa shape index (κ2) is 9.37. The molecule has 0 spiro atoms. The van der Waals surface area contributed by atoms with E-state index in [9.17, 15) is 0 Å². The third-order valence-electron chi connectivity index (χ3n) is 6.67. The second-order valence-corrected chi connectivity index (χ2v) is 8.44. The van der Waals surface area contributed by atoms with Gasteiger partial charge in [-0.1, -0.05) is 12.1 Å². The fourth-order valence-corrected chi connectivity index (χ4v) is 4.77. The lowest BCUT2D eigenvalue weighted by atomic mass is 9.84. The van der Waals surface area contributed by atoms with Crippen LogP contribution in [0.2, 0.25) is 0 Å². The second-order valence-electron chi connectivity index (χ2n) is 8.44. The van der Waals surface area contributed by atoms with Crippen LogP contribution in [0.1, 0.15) is 24.5 Å². The first-order valence-corrected chi connectivity index (χ1v) is 11.1. The molecule has 31 heavy (non-hydrogen) atoms. The van der Waals surface area contributed by atoms with E-state index in [1.807, 2.05) is 12.1 Å². The molecule has 1 atom stereocenters. The molecule has 2 aromatic rings. The Kier molecular flexibility index (Phi) is 6.58. The minimum absolute atomic E-state index is 0.313. The Morgan fingerprint density at radius 1 is 0.903 bits per heavy atom. The maximum Gasteiger partial charge on any atom is 0.161 e. The Hall–Kier alpha value is -2.44. The molecule has 0 amide bonds. The maximum atomic E-state index is 6.33. The summed E-state index contributed by atoms with van der Waals surface area (Å²) in [5.41, 5.74) is 3.39. The summed E-state index contributed by atoms with van der Waals surface area (Å²) in [5.74, 6) is 2.50. The van der Waals surface area contributed by atoms with Crippen LogP contribution < -0.4 is 19.1 Å². The fraction of sp³-hybridized carbons (Fsp3) is 0.520. The van der Waals surface area contributed by atoms with Crippen molar-refractivity contribution in [2.75, 3.05) is 65.6 Å². The molecule has 0 saturated carbocycles. The summed E-state index contributed by atoms with van der Waals surface area (Å²) in [6, 6.07) is 12.5. The van der Waals surface area contributed by atoms with E-state index in [1.54, 1.807) is 21.3 Å². The number of rotatable bonds is 7. The monoisotopic (exact) mass is 426 g/mol. The lowest BCUT2D eigenvalue weighted by Gasteiger charge is -2.40. The van der Waals surface area contributed by atoms with Crippen molar-refractivity contribution in [3.63, 3.8) is 0 Å². The fourth-order valence-electron chi connectivity index (χ4n) is 4.77. The third kappa shape index (κ3) is 4.46. The van der Waals surface area contributed by atoms with Crippen LogP contribution >= 0.6 is 0 Å². The average molecular weight is 427 g/mol. The molecule has 0 aliphatic carbocycles. The largest absolute Gasteiger partial charge is 0.495 e. The van der Waals surface area contributed by atoms with Crippen molar-refractivity contribution in [1.82, 2.24) is 4.90 Å². The number of ether oxygens (including phenoxy) is 4. The first-order chi connectivity index (χ1) is 15.1. The van der Waals surface area contributed by atoms with Crippen molar-refractivity contribution in [2.24, 2.45) is 0 Å². The summed E-state index contributed by atoms with van der Waals surface area (Å²) in [5, 5.41) is 0. The molecule has 1 fully saturated rings. The number of para-hydroxylation sites is 2. The molecule has 2 aliphatic heterocycles. The summed E-state index contributed by atoms with van der Waals surface area (Å²) in [7, 11) is 5.11. The van der Waals surface area contributed by atoms with Crippen molar-refractivity contribution in [3.05, 3.63) is 47.5 Å². The quantitative estimate of drug-likeness (QED) is 0.673. The van der Waals surface area contributed by atoms with E-state index in [2.05, 4.69) is 41.0 Å². The van der Waals surface area contributed by atoms with Gasteiger partial charge in [0.05, 0.1) is 39.2 Å². The van der Waals surface area contributed by atoms with E-state index < -0.39 is 0 Å². The maximum absolute atomic E-state index is 6.33. The van der Waals surface area contributed by atoms with Gasteiger partial charge in [-0.3, -0.25) is 4.90 Å². The Morgan fingerprint density at radius 2 is 1.58 bits per heavy atom. The summed E-state index contributed by atoms with van der Waals surface area (Å²) < 4.78 is 22.9. The Bertz CT molecular complexity index is 895. The van der Waals surface area contributed by atoms with Crippen LogP contribution in [0, 0.1) is 0 Å². The van der Waals surface area contributed by atoms with E-state index in [0.717, 1.165) is 69.4 Å². The van der Waals surface area contributed by atoms with E-state index in [4.69, 9.17) is 18.9 Å². The molecule has 0 N–H and O–H groups in total. The van der Waals surface area contributed by atoms with E-state index in [1.165, 1.54) is 16.8 Å². The molecule has 0 bridgehead atoms. The van der Waals surface area contributed by atoms with Gasteiger partial charge in [-0.2, -0.15) is 0 Å². The predicted molar refractivity (Wildman–Crippen MR) is 123 cm³/mol. The van der Waals surface area contributed by atoms with Crippen LogP contribution in [0.15, 0.2) is 36.4 Å². The molecule has 2 aliphatic rings. The van der Waals surface area contributed by atoms with Crippen molar-refractivity contribution in [3.8, 4) is 17.2 Å². The van der Waals surface area contributed by atoms with Gasteiger partial charge >= 0.3 is 0 Å². The van der Waals surface area contributed by atoms with Crippen LogP contribution in [0.25, 0.3) is 0 Å². The number of anilines is 1. The summed E-state index contributed by atoms with van der Waals surface area (Å²) >= 11 is 0. The van der Waals surface area contributed by atoms with Gasteiger partial charge in [0.1, 0.15) is 5.75 Å². The minimum atomic E-state index is -0.313. The Morgan fingerprint density at radius 3 is 2.29 bits per heavy atom. The minimum Gasteiger partial charge on any atom is -0.495 e. The molecule has 2 heterocycles. The third-order valence-corrected chi connectivity index (χ3v) is 6.67. The average Bonchev–Trinajstić information content (AvgIpc) is 2.82. The zero-order valence-electron chi connectivity index (χ0n) is 19.1. The van der Waals surface area contributed by atoms with Crippen molar-refractivity contribution >= 4 is 5.69 Å². The highest BCUT2D eigenvalue weighted by atomic mass is 16.5.